The monoisotopic (exact) mass is 289 g/mol. The van der Waals surface area contributed by atoms with E-state index < -0.39 is 0 Å². The Kier molecular flexibility index (Phi) is 5.40. The molecule has 0 unspecified atom stereocenters. The topological polar surface area (TPSA) is 29.5 Å². The quantitative estimate of drug-likeness (QED) is 0.747. The smallest absolute Gasteiger partial charge is 0.164 e. The van der Waals surface area contributed by atoms with E-state index >= 15 is 0 Å². The number of Topliss-reactive ketones (excluding diaryl/α,β-unsaturated/α-hetero) is 1. The lowest BCUT2D eigenvalue weighted by Gasteiger charge is -2.16. The summed E-state index contributed by atoms with van der Waals surface area (Å²) in [6.45, 7) is 11.2. The summed E-state index contributed by atoms with van der Waals surface area (Å²) >= 11 is 0. The lowest BCUT2D eigenvalue weighted by atomic mass is 9.99. The molecule has 1 heterocycles. The van der Waals surface area contributed by atoms with Gasteiger partial charge in [0.1, 0.15) is 5.75 Å². The van der Waals surface area contributed by atoms with Gasteiger partial charge in [0.2, 0.25) is 0 Å². The fourth-order valence-electron chi connectivity index (χ4n) is 2.87. The molecule has 0 aliphatic carbocycles. The molecule has 3 nitrogen and oxygen atoms in total. The number of ketones is 1. The van der Waals surface area contributed by atoms with Gasteiger partial charge in [0.15, 0.2) is 5.78 Å². The first-order valence-electron chi connectivity index (χ1n) is 8.01. The third-order valence-corrected chi connectivity index (χ3v) is 4.04. The molecule has 0 spiro atoms. The number of carbonyl (C=O) groups excluding carboxylic acids is 1. The number of carbonyl (C=O) groups is 1. The number of ether oxygens (including phenoxy) is 1. The molecule has 0 atom stereocenters. The second kappa shape index (κ2) is 7.08. The Morgan fingerprint density at radius 1 is 1.19 bits per heavy atom. The number of benzene rings is 1. The molecule has 0 amide bonds. The minimum atomic E-state index is 0.153. The number of rotatable bonds is 6. The summed E-state index contributed by atoms with van der Waals surface area (Å²) in [4.78, 5) is 14.8. The van der Waals surface area contributed by atoms with Crippen molar-refractivity contribution in [2.75, 3.05) is 19.6 Å². The summed E-state index contributed by atoms with van der Waals surface area (Å²) in [6, 6.07) is 3.98. The molecule has 116 valence electrons. The van der Waals surface area contributed by atoms with Crippen molar-refractivity contribution in [3.63, 3.8) is 0 Å². The van der Waals surface area contributed by atoms with Crippen molar-refractivity contribution in [1.82, 2.24) is 4.90 Å². The normalized spacial score (nSPS) is 15.7. The van der Waals surface area contributed by atoms with Crippen molar-refractivity contribution in [2.24, 2.45) is 0 Å². The second-order valence-electron chi connectivity index (χ2n) is 6.32. The highest BCUT2D eigenvalue weighted by Crippen LogP contribution is 2.25. The zero-order valence-electron chi connectivity index (χ0n) is 13.7. The Morgan fingerprint density at radius 2 is 1.86 bits per heavy atom. The average molecular weight is 289 g/mol. The molecule has 1 saturated heterocycles. The molecule has 2 rings (SSSR count). The third-order valence-electron chi connectivity index (χ3n) is 4.04. The molecule has 1 aromatic rings. The van der Waals surface area contributed by atoms with Gasteiger partial charge in [-0.05, 0) is 76.9 Å². The van der Waals surface area contributed by atoms with E-state index in [1.807, 2.05) is 39.8 Å². The highest BCUT2D eigenvalue weighted by molar-refractivity contribution is 5.98. The first kappa shape index (κ1) is 16.0. The molecule has 0 radical (unpaired) electrons. The number of hydrogen-bond donors (Lipinski definition) is 0. The van der Waals surface area contributed by atoms with E-state index in [4.69, 9.17) is 4.74 Å². The van der Waals surface area contributed by atoms with Crippen LogP contribution in [0.4, 0.5) is 0 Å². The summed E-state index contributed by atoms with van der Waals surface area (Å²) in [7, 11) is 0. The van der Waals surface area contributed by atoms with E-state index in [-0.39, 0.29) is 11.9 Å². The van der Waals surface area contributed by atoms with Gasteiger partial charge >= 0.3 is 0 Å². The van der Waals surface area contributed by atoms with Gasteiger partial charge in [-0.15, -0.1) is 0 Å². The maximum Gasteiger partial charge on any atom is 0.164 e. The van der Waals surface area contributed by atoms with Gasteiger partial charge < -0.3 is 9.64 Å². The van der Waals surface area contributed by atoms with Crippen LogP contribution in [0.15, 0.2) is 12.1 Å². The Labute approximate surface area is 128 Å². The van der Waals surface area contributed by atoms with Gasteiger partial charge in [0, 0.05) is 18.5 Å². The van der Waals surface area contributed by atoms with Crippen molar-refractivity contribution >= 4 is 5.78 Å². The van der Waals surface area contributed by atoms with Crippen LogP contribution in [-0.4, -0.2) is 36.4 Å². The fourth-order valence-corrected chi connectivity index (χ4v) is 2.87. The Bertz CT molecular complexity index is 502. The predicted octanol–water partition coefficient (Wildman–Crippen LogP) is 3.76. The summed E-state index contributed by atoms with van der Waals surface area (Å²) in [5, 5.41) is 0. The average Bonchev–Trinajstić information content (AvgIpc) is 2.92. The molecule has 0 bridgehead atoms. The van der Waals surface area contributed by atoms with Crippen LogP contribution in [0.3, 0.4) is 0 Å². The van der Waals surface area contributed by atoms with E-state index in [1.54, 1.807) is 0 Å². The van der Waals surface area contributed by atoms with Crippen LogP contribution in [0.1, 0.15) is 54.6 Å². The lowest BCUT2D eigenvalue weighted by molar-refractivity contribution is 0.0968. The summed E-state index contributed by atoms with van der Waals surface area (Å²) in [5.74, 6) is 1.14. The van der Waals surface area contributed by atoms with Crippen molar-refractivity contribution in [2.45, 2.75) is 53.1 Å². The Morgan fingerprint density at radius 3 is 2.48 bits per heavy atom. The maximum absolute atomic E-state index is 12.4. The van der Waals surface area contributed by atoms with E-state index in [0.29, 0.717) is 6.42 Å². The first-order valence-corrected chi connectivity index (χ1v) is 8.01. The molecular formula is C18H27NO2. The van der Waals surface area contributed by atoms with Crippen LogP contribution in [0.5, 0.6) is 5.75 Å². The highest BCUT2D eigenvalue weighted by Gasteiger charge is 2.16. The van der Waals surface area contributed by atoms with Gasteiger partial charge in [-0.3, -0.25) is 4.79 Å². The zero-order chi connectivity index (χ0) is 15.4. The molecule has 1 aromatic carbocycles. The first-order chi connectivity index (χ1) is 9.97. The summed E-state index contributed by atoms with van der Waals surface area (Å²) in [5.41, 5.74) is 2.91. The Balaban J connectivity index is 2.04. The zero-order valence-corrected chi connectivity index (χ0v) is 13.7. The predicted molar refractivity (Wildman–Crippen MR) is 86.3 cm³/mol. The number of hydrogen-bond acceptors (Lipinski definition) is 3. The molecule has 1 fully saturated rings. The lowest BCUT2D eigenvalue weighted by Crippen LogP contribution is -2.23. The van der Waals surface area contributed by atoms with Gasteiger partial charge in [0.25, 0.3) is 0 Å². The van der Waals surface area contributed by atoms with Gasteiger partial charge in [-0.2, -0.15) is 0 Å². The molecular weight excluding hydrogens is 262 g/mol. The minimum Gasteiger partial charge on any atom is -0.491 e. The van der Waals surface area contributed by atoms with Crippen LogP contribution < -0.4 is 4.74 Å². The molecule has 1 aliphatic heterocycles. The SMILES string of the molecule is Cc1cc(C(=O)CCN2CCCC2)c(C)cc1OC(C)C. The molecule has 0 aromatic heterocycles. The molecule has 3 heteroatoms. The third kappa shape index (κ3) is 4.31. The van der Waals surface area contributed by atoms with E-state index in [9.17, 15) is 4.79 Å². The van der Waals surface area contributed by atoms with Crippen molar-refractivity contribution in [3.05, 3.63) is 28.8 Å². The van der Waals surface area contributed by atoms with Crippen LogP contribution in [0, 0.1) is 13.8 Å². The van der Waals surface area contributed by atoms with Gasteiger partial charge in [-0.25, -0.2) is 0 Å². The van der Waals surface area contributed by atoms with Crippen LogP contribution in [-0.2, 0) is 0 Å². The molecule has 0 N–H and O–H groups in total. The van der Waals surface area contributed by atoms with Crippen molar-refractivity contribution in [1.29, 1.82) is 0 Å². The number of nitrogens with zero attached hydrogens (tertiary/aromatic N) is 1. The highest BCUT2D eigenvalue weighted by atomic mass is 16.5. The van der Waals surface area contributed by atoms with E-state index in [2.05, 4.69) is 4.90 Å². The largest absolute Gasteiger partial charge is 0.491 e. The van der Waals surface area contributed by atoms with Crippen molar-refractivity contribution in [3.8, 4) is 5.75 Å². The van der Waals surface area contributed by atoms with Gasteiger partial charge in [-0.1, -0.05) is 0 Å². The van der Waals surface area contributed by atoms with E-state index in [0.717, 1.165) is 42.1 Å². The maximum atomic E-state index is 12.4. The van der Waals surface area contributed by atoms with Crippen LogP contribution in [0.25, 0.3) is 0 Å². The van der Waals surface area contributed by atoms with Gasteiger partial charge in [0.05, 0.1) is 6.10 Å². The Hall–Kier alpha value is -1.35. The summed E-state index contributed by atoms with van der Waals surface area (Å²) in [6.07, 6.45) is 3.31. The number of aryl methyl sites for hydroxylation is 2. The summed E-state index contributed by atoms with van der Waals surface area (Å²) < 4.78 is 5.78. The van der Waals surface area contributed by atoms with Crippen LogP contribution in [0.2, 0.25) is 0 Å². The van der Waals surface area contributed by atoms with E-state index in [1.165, 1.54) is 12.8 Å². The second-order valence-corrected chi connectivity index (χ2v) is 6.32. The molecule has 0 saturated carbocycles. The fraction of sp³-hybridized carbons (Fsp3) is 0.611. The van der Waals surface area contributed by atoms with Crippen molar-refractivity contribution < 1.29 is 9.53 Å². The van der Waals surface area contributed by atoms with Crippen LogP contribution >= 0.6 is 0 Å². The standard InChI is InChI=1S/C18H27NO2/c1-13(2)21-18-12-14(3)16(11-15(18)4)17(20)7-10-19-8-5-6-9-19/h11-13H,5-10H2,1-4H3. The molecule has 21 heavy (non-hydrogen) atoms. The molecule has 1 aliphatic rings. The number of likely N-dealkylation sites (tertiary alicyclic amines) is 1. The minimum absolute atomic E-state index is 0.153.